The van der Waals surface area contributed by atoms with Gasteiger partial charge in [0.05, 0.1) is 24.1 Å². The van der Waals surface area contributed by atoms with Crippen LogP contribution in [0.5, 0.6) is 5.75 Å². The number of rotatable bonds is 6. The topological polar surface area (TPSA) is 76.6 Å². The second kappa shape index (κ2) is 10.1. The molecule has 0 fully saturated rings. The van der Waals surface area contributed by atoms with Gasteiger partial charge in [-0.25, -0.2) is 17.1 Å². The van der Waals surface area contributed by atoms with E-state index in [9.17, 15) is 17.6 Å². The molecule has 0 spiro atoms. The Hall–Kier alpha value is -3.70. The minimum absolute atomic E-state index is 0.0146. The first-order valence-electron chi connectivity index (χ1n) is 9.78. The van der Waals surface area contributed by atoms with Crippen LogP contribution >= 0.6 is 0 Å². The Kier molecular flexibility index (Phi) is 7.23. The molecule has 0 aliphatic rings. The minimum atomic E-state index is -4.06. The maximum absolute atomic E-state index is 14.3. The van der Waals surface area contributed by atoms with Crippen molar-refractivity contribution in [3.63, 3.8) is 0 Å². The van der Waals surface area contributed by atoms with Gasteiger partial charge in [0, 0.05) is 29.6 Å². The van der Waals surface area contributed by atoms with Crippen LogP contribution in [0.3, 0.4) is 0 Å². The van der Waals surface area contributed by atoms with E-state index in [1.54, 1.807) is 6.92 Å². The average Bonchev–Trinajstić information content (AvgIpc) is 2.78. The van der Waals surface area contributed by atoms with Crippen molar-refractivity contribution in [2.24, 2.45) is 0 Å². The molecule has 1 aromatic heterocycles. The molecule has 32 heavy (non-hydrogen) atoms. The highest BCUT2D eigenvalue weighted by Crippen LogP contribution is 2.27. The SMILES string of the molecule is CCCS(=O)(=O)N(C(=O)c1cncc(C#Cc2ccccc2)c1)c1ccc(OC)c(F)c1. The Balaban J connectivity index is 2.02. The number of carbonyl (C=O) groups is 1. The van der Waals surface area contributed by atoms with E-state index in [1.165, 1.54) is 37.7 Å². The lowest BCUT2D eigenvalue weighted by Crippen LogP contribution is -2.38. The zero-order valence-electron chi connectivity index (χ0n) is 17.6. The van der Waals surface area contributed by atoms with Gasteiger partial charge in [0.25, 0.3) is 5.91 Å². The van der Waals surface area contributed by atoms with Gasteiger partial charge in [-0.2, -0.15) is 0 Å². The first kappa shape index (κ1) is 23.0. The van der Waals surface area contributed by atoms with Gasteiger partial charge in [-0.1, -0.05) is 37.0 Å². The van der Waals surface area contributed by atoms with Crippen LogP contribution in [0.25, 0.3) is 0 Å². The van der Waals surface area contributed by atoms with Crippen molar-refractivity contribution >= 4 is 21.6 Å². The number of benzene rings is 2. The number of amides is 1. The third kappa shape index (κ3) is 5.31. The molecule has 0 radical (unpaired) electrons. The molecule has 0 saturated carbocycles. The molecule has 0 unspecified atom stereocenters. The molecule has 8 heteroatoms. The molecule has 0 saturated heterocycles. The van der Waals surface area contributed by atoms with E-state index < -0.39 is 21.7 Å². The molecule has 3 rings (SSSR count). The third-order valence-corrected chi connectivity index (χ3v) is 6.26. The predicted octanol–water partition coefficient (Wildman–Crippen LogP) is 4.02. The second-order valence-electron chi connectivity index (χ2n) is 6.78. The van der Waals surface area contributed by atoms with Crippen LogP contribution in [-0.4, -0.2) is 32.2 Å². The van der Waals surface area contributed by atoms with Gasteiger partial charge in [0.15, 0.2) is 11.6 Å². The first-order valence-corrected chi connectivity index (χ1v) is 11.4. The number of ether oxygens (including phenoxy) is 1. The standard InChI is InChI=1S/C24H21FN2O4S/c1-3-13-32(29,30)27(21-11-12-23(31-2)22(25)15-21)24(28)20-14-19(16-26-17-20)10-9-18-7-5-4-6-8-18/h4-8,11-12,14-17H,3,13H2,1-2H3. The van der Waals surface area contributed by atoms with Crippen LogP contribution in [0.1, 0.15) is 34.8 Å². The summed E-state index contributed by atoms with van der Waals surface area (Å²) in [4.78, 5) is 17.3. The molecule has 3 aromatic rings. The van der Waals surface area contributed by atoms with Gasteiger partial charge in [-0.15, -0.1) is 0 Å². The van der Waals surface area contributed by atoms with Crippen LogP contribution in [-0.2, 0) is 10.0 Å². The van der Waals surface area contributed by atoms with E-state index in [4.69, 9.17) is 4.74 Å². The number of pyridine rings is 1. The predicted molar refractivity (Wildman–Crippen MR) is 120 cm³/mol. The van der Waals surface area contributed by atoms with Crippen molar-refractivity contribution in [3.8, 4) is 17.6 Å². The molecule has 0 atom stereocenters. The highest BCUT2D eigenvalue weighted by molar-refractivity contribution is 7.93. The Morgan fingerprint density at radius 3 is 2.44 bits per heavy atom. The Bertz CT molecular complexity index is 1280. The van der Waals surface area contributed by atoms with E-state index in [1.807, 2.05) is 30.3 Å². The summed E-state index contributed by atoms with van der Waals surface area (Å²) in [5, 5.41) is 0. The van der Waals surface area contributed by atoms with E-state index in [-0.39, 0.29) is 29.2 Å². The van der Waals surface area contributed by atoms with Crippen molar-refractivity contribution in [2.75, 3.05) is 17.2 Å². The van der Waals surface area contributed by atoms with Crippen molar-refractivity contribution in [1.82, 2.24) is 4.98 Å². The summed E-state index contributed by atoms with van der Waals surface area (Å²) in [7, 11) is -2.77. The highest BCUT2D eigenvalue weighted by Gasteiger charge is 2.30. The molecule has 0 aliphatic carbocycles. The number of aromatic nitrogens is 1. The second-order valence-corrected chi connectivity index (χ2v) is 8.72. The van der Waals surface area contributed by atoms with Gasteiger partial charge in [-0.05, 0) is 36.8 Å². The third-order valence-electron chi connectivity index (χ3n) is 4.40. The van der Waals surface area contributed by atoms with Crippen LogP contribution < -0.4 is 9.04 Å². The molecule has 1 amide bonds. The lowest BCUT2D eigenvalue weighted by molar-refractivity contribution is 0.100. The lowest BCUT2D eigenvalue weighted by Gasteiger charge is -2.23. The van der Waals surface area contributed by atoms with Crippen molar-refractivity contribution in [3.05, 3.63) is 89.5 Å². The maximum Gasteiger partial charge on any atom is 0.273 e. The smallest absolute Gasteiger partial charge is 0.273 e. The number of carbonyl (C=O) groups excluding carboxylic acids is 1. The molecule has 0 aliphatic heterocycles. The van der Waals surface area contributed by atoms with Crippen LogP contribution in [0.15, 0.2) is 67.0 Å². The summed E-state index contributed by atoms with van der Waals surface area (Å²) in [5.41, 5.74) is 1.11. The molecule has 0 N–H and O–H groups in total. The zero-order chi connectivity index (χ0) is 23.1. The van der Waals surface area contributed by atoms with Gasteiger partial charge in [-0.3, -0.25) is 9.78 Å². The Morgan fingerprint density at radius 1 is 1.06 bits per heavy atom. The number of hydrogen-bond acceptors (Lipinski definition) is 5. The molecular weight excluding hydrogens is 431 g/mol. The number of hydrogen-bond donors (Lipinski definition) is 0. The number of methoxy groups -OCH3 is 1. The number of anilines is 1. The largest absolute Gasteiger partial charge is 0.494 e. The molecule has 2 aromatic carbocycles. The van der Waals surface area contributed by atoms with Gasteiger partial charge in [0.2, 0.25) is 10.0 Å². The zero-order valence-corrected chi connectivity index (χ0v) is 18.4. The van der Waals surface area contributed by atoms with Gasteiger partial charge < -0.3 is 4.74 Å². The van der Waals surface area contributed by atoms with Crippen molar-refractivity contribution in [2.45, 2.75) is 13.3 Å². The number of halogens is 1. The normalized spacial score (nSPS) is 10.7. The van der Waals surface area contributed by atoms with E-state index >= 15 is 0 Å². The summed E-state index contributed by atoms with van der Waals surface area (Å²) in [6.45, 7) is 1.68. The van der Waals surface area contributed by atoms with Crippen molar-refractivity contribution < 1.29 is 22.3 Å². The number of nitrogens with zero attached hydrogens (tertiary/aromatic N) is 2. The van der Waals surface area contributed by atoms with Crippen LogP contribution in [0.2, 0.25) is 0 Å². The quantitative estimate of drug-likeness (QED) is 0.528. The molecule has 164 valence electrons. The lowest BCUT2D eigenvalue weighted by atomic mass is 10.1. The summed E-state index contributed by atoms with van der Waals surface area (Å²) >= 11 is 0. The molecule has 1 heterocycles. The Morgan fingerprint density at radius 2 is 1.78 bits per heavy atom. The van der Waals surface area contributed by atoms with Gasteiger partial charge >= 0.3 is 0 Å². The fourth-order valence-corrected chi connectivity index (χ4v) is 4.43. The van der Waals surface area contributed by atoms with E-state index in [0.29, 0.717) is 9.87 Å². The fourth-order valence-electron chi connectivity index (χ4n) is 2.94. The minimum Gasteiger partial charge on any atom is -0.494 e. The first-order chi connectivity index (χ1) is 15.4. The summed E-state index contributed by atoms with van der Waals surface area (Å²) < 4.78 is 45.6. The van der Waals surface area contributed by atoms with Gasteiger partial charge in [0.1, 0.15) is 0 Å². The molecular formula is C24H21FN2O4S. The van der Waals surface area contributed by atoms with Crippen LogP contribution in [0.4, 0.5) is 10.1 Å². The fraction of sp³-hybridized carbons (Fsp3) is 0.167. The van der Waals surface area contributed by atoms with E-state index in [0.717, 1.165) is 11.6 Å². The summed E-state index contributed by atoms with van der Waals surface area (Å²) in [6.07, 6.45) is 3.01. The molecule has 0 bridgehead atoms. The van der Waals surface area contributed by atoms with E-state index in [2.05, 4.69) is 16.8 Å². The molecule has 6 nitrogen and oxygen atoms in total. The maximum atomic E-state index is 14.3. The van der Waals surface area contributed by atoms with Crippen LogP contribution in [0, 0.1) is 17.7 Å². The monoisotopic (exact) mass is 452 g/mol. The average molecular weight is 453 g/mol. The summed E-state index contributed by atoms with van der Waals surface area (Å²) in [5.74, 6) is 3.90. The Labute approximate surface area is 186 Å². The number of sulfonamides is 1. The van der Waals surface area contributed by atoms with Crippen molar-refractivity contribution in [1.29, 1.82) is 0 Å². The summed E-state index contributed by atoms with van der Waals surface area (Å²) in [6, 6.07) is 14.3. The highest BCUT2D eigenvalue weighted by atomic mass is 32.2.